The number of nitrogens with zero attached hydrogens (tertiary/aromatic N) is 2. The minimum Gasteiger partial charge on any atom is -0.495 e. The maximum absolute atomic E-state index is 5.92. The molecule has 0 atom stereocenters. The topological polar surface area (TPSA) is 26.5 Å². The van der Waals surface area contributed by atoms with Gasteiger partial charge in [-0.3, -0.25) is 0 Å². The molecule has 0 unspecified atom stereocenters. The zero-order chi connectivity index (χ0) is 9.42. The second-order valence-corrected chi connectivity index (χ2v) is 3.78. The molecular weight excluding hydrogens is 255 g/mol. The fraction of sp³-hybridized carbons (Fsp3) is 0.125. The molecule has 0 aromatic carbocycles. The lowest BCUT2D eigenvalue weighted by Gasteiger charge is -2.02. The van der Waals surface area contributed by atoms with Crippen molar-refractivity contribution in [1.29, 1.82) is 0 Å². The summed E-state index contributed by atoms with van der Waals surface area (Å²) in [4.78, 5) is 0. The van der Waals surface area contributed by atoms with Crippen LogP contribution in [0.3, 0.4) is 0 Å². The molecule has 0 spiro atoms. The molecule has 5 heteroatoms. The molecule has 0 saturated carbocycles. The summed E-state index contributed by atoms with van der Waals surface area (Å²) in [6.45, 7) is 0. The summed E-state index contributed by atoms with van der Waals surface area (Å²) in [7, 11) is 1.61. The smallest absolute Gasteiger partial charge is 0.138 e. The molecule has 0 aliphatic rings. The van der Waals surface area contributed by atoms with E-state index in [9.17, 15) is 0 Å². The first-order chi connectivity index (χ1) is 6.22. The SMILES string of the molecule is COc1cc(Br)c2c(Cl)cnn2c1. The maximum Gasteiger partial charge on any atom is 0.138 e. The van der Waals surface area contributed by atoms with E-state index in [1.54, 1.807) is 24.0 Å². The van der Waals surface area contributed by atoms with Crippen LogP contribution in [-0.4, -0.2) is 16.7 Å². The fourth-order valence-corrected chi connectivity index (χ4v) is 2.09. The first-order valence-electron chi connectivity index (χ1n) is 3.59. The molecule has 0 aliphatic carbocycles. The third-order valence-corrected chi connectivity index (χ3v) is 2.61. The Morgan fingerprint density at radius 2 is 2.38 bits per heavy atom. The van der Waals surface area contributed by atoms with E-state index in [0.717, 1.165) is 15.7 Å². The highest BCUT2D eigenvalue weighted by atomic mass is 79.9. The third-order valence-electron chi connectivity index (χ3n) is 1.73. The van der Waals surface area contributed by atoms with E-state index in [0.29, 0.717) is 5.02 Å². The lowest BCUT2D eigenvalue weighted by atomic mass is 10.4. The van der Waals surface area contributed by atoms with Gasteiger partial charge in [-0.25, -0.2) is 4.52 Å². The fourth-order valence-electron chi connectivity index (χ4n) is 1.13. The van der Waals surface area contributed by atoms with Crippen LogP contribution in [0.2, 0.25) is 5.02 Å². The van der Waals surface area contributed by atoms with Crippen LogP contribution in [0, 0.1) is 0 Å². The number of hydrogen-bond donors (Lipinski definition) is 0. The standard InChI is InChI=1S/C8H6BrClN2O/c1-13-5-2-6(9)8-7(10)3-11-12(8)4-5/h2-4H,1H3. The van der Waals surface area contributed by atoms with E-state index < -0.39 is 0 Å². The molecule has 0 N–H and O–H groups in total. The Balaban J connectivity index is 2.79. The molecular formula is C8H6BrClN2O. The van der Waals surface area contributed by atoms with Crippen molar-refractivity contribution in [2.75, 3.05) is 7.11 Å². The Morgan fingerprint density at radius 1 is 1.62 bits per heavy atom. The molecule has 2 rings (SSSR count). The molecule has 0 radical (unpaired) electrons. The van der Waals surface area contributed by atoms with Crippen molar-refractivity contribution in [3.63, 3.8) is 0 Å². The van der Waals surface area contributed by atoms with Crippen molar-refractivity contribution in [2.24, 2.45) is 0 Å². The highest BCUT2D eigenvalue weighted by Crippen LogP contribution is 2.28. The van der Waals surface area contributed by atoms with Crippen molar-refractivity contribution in [1.82, 2.24) is 9.61 Å². The van der Waals surface area contributed by atoms with Crippen LogP contribution in [0.1, 0.15) is 0 Å². The molecule has 0 fully saturated rings. The van der Waals surface area contributed by atoms with Crippen LogP contribution in [0.25, 0.3) is 5.52 Å². The minimum absolute atomic E-state index is 0.620. The van der Waals surface area contributed by atoms with Crippen LogP contribution < -0.4 is 4.74 Å². The van der Waals surface area contributed by atoms with E-state index in [1.165, 1.54) is 0 Å². The number of fused-ring (bicyclic) bond motifs is 1. The van der Waals surface area contributed by atoms with Gasteiger partial charge in [0.2, 0.25) is 0 Å². The molecule has 13 heavy (non-hydrogen) atoms. The lowest BCUT2D eigenvalue weighted by molar-refractivity contribution is 0.411. The summed E-state index contributed by atoms with van der Waals surface area (Å²) in [5.41, 5.74) is 0.850. The van der Waals surface area contributed by atoms with Crippen LogP contribution in [-0.2, 0) is 0 Å². The number of pyridine rings is 1. The summed E-state index contributed by atoms with van der Waals surface area (Å²) in [6, 6.07) is 1.85. The van der Waals surface area contributed by atoms with Crippen molar-refractivity contribution in [3.05, 3.63) is 28.0 Å². The van der Waals surface area contributed by atoms with Gasteiger partial charge in [0.15, 0.2) is 0 Å². The quantitative estimate of drug-likeness (QED) is 0.789. The first-order valence-corrected chi connectivity index (χ1v) is 4.76. The van der Waals surface area contributed by atoms with Crippen molar-refractivity contribution >= 4 is 33.0 Å². The normalized spacial score (nSPS) is 10.7. The Kier molecular flexibility index (Phi) is 2.17. The summed E-state index contributed by atoms with van der Waals surface area (Å²) >= 11 is 9.31. The maximum atomic E-state index is 5.92. The average molecular weight is 262 g/mol. The average Bonchev–Trinajstić information content (AvgIpc) is 2.48. The molecule has 2 aromatic rings. The summed E-state index contributed by atoms with van der Waals surface area (Å²) in [5, 5.41) is 4.68. The lowest BCUT2D eigenvalue weighted by Crippen LogP contribution is -1.90. The Bertz CT molecular complexity index is 455. The predicted octanol–water partition coefficient (Wildman–Crippen LogP) is 2.76. The van der Waals surface area contributed by atoms with Crippen LogP contribution >= 0.6 is 27.5 Å². The summed E-state index contributed by atoms with van der Waals surface area (Å²) in [5.74, 6) is 0.735. The van der Waals surface area contributed by atoms with Gasteiger partial charge in [0.1, 0.15) is 5.75 Å². The Labute approximate surface area is 88.4 Å². The number of rotatable bonds is 1. The number of ether oxygens (including phenoxy) is 1. The second-order valence-electron chi connectivity index (χ2n) is 2.51. The highest BCUT2D eigenvalue weighted by Gasteiger charge is 2.07. The van der Waals surface area contributed by atoms with Gasteiger partial charge in [-0.15, -0.1) is 0 Å². The monoisotopic (exact) mass is 260 g/mol. The molecule has 2 aromatic heterocycles. The molecule has 0 amide bonds. The van der Waals surface area contributed by atoms with E-state index in [-0.39, 0.29) is 0 Å². The Hall–Kier alpha value is -0.740. The molecule has 68 valence electrons. The number of aromatic nitrogens is 2. The molecule has 0 bridgehead atoms. The van der Waals surface area contributed by atoms with Gasteiger partial charge in [-0.2, -0.15) is 5.10 Å². The van der Waals surface area contributed by atoms with Crippen molar-refractivity contribution < 1.29 is 4.74 Å². The molecule has 0 aliphatic heterocycles. The summed E-state index contributed by atoms with van der Waals surface area (Å²) in [6.07, 6.45) is 3.37. The van der Waals surface area contributed by atoms with Gasteiger partial charge in [-0.1, -0.05) is 11.6 Å². The number of methoxy groups -OCH3 is 1. The van der Waals surface area contributed by atoms with E-state index in [1.807, 2.05) is 6.07 Å². The van der Waals surface area contributed by atoms with E-state index in [2.05, 4.69) is 21.0 Å². The number of hydrogen-bond acceptors (Lipinski definition) is 2. The highest BCUT2D eigenvalue weighted by molar-refractivity contribution is 9.10. The molecule has 3 nitrogen and oxygen atoms in total. The largest absolute Gasteiger partial charge is 0.495 e. The van der Waals surface area contributed by atoms with E-state index in [4.69, 9.17) is 16.3 Å². The van der Waals surface area contributed by atoms with Gasteiger partial charge >= 0.3 is 0 Å². The van der Waals surface area contributed by atoms with Crippen LogP contribution in [0.5, 0.6) is 5.75 Å². The molecule has 2 heterocycles. The molecule has 0 saturated heterocycles. The van der Waals surface area contributed by atoms with Crippen molar-refractivity contribution in [2.45, 2.75) is 0 Å². The van der Waals surface area contributed by atoms with Gasteiger partial charge < -0.3 is 4.74 Å². The Morgan fingerprint density at radius 3 is 3.08 bits per heavy atom. The first kappa shape index (κ1) is 8.84. The van der Waals surface area contributed by atoms with Crippen molar-refractivity contribution in [3.8, 4) is 5.75 Å². The van der Waals surface area contributed by atoms with Gasteiger partial charge in [0.25, 0.3) is 0 Å². The zero-order valence-electron chi connectivity index (χ0n) is 6.79. The minimum atomic E-state index is 0.620. The predicted molar refractivity (Wildman–Crippen MR) is 54.5 cm³/mol. The zero-order valence-corrected chi connectivity index (χ0v) is 9.13. The van der Waals surface area contributed by atoms with Gasteiger partial charge in [0.05, 0.1) is 30.0 Å². The van der Waals surface area contributed by atoms with Crippen LogP contribution in [0.4, 0.5) is 0 Å². The van der Waals surface area contributed by atoms with E-state index >= 15 is 0 Å². The number of halogens is 2. The van der Waals surface area contributed by atoms with Gasteiger partial charge in [-0.05, 0) is 22.0 Å². The second kappa shape index (κ2) is 3.20. The van der Waals surface area contributed by atoms with Crippen LogP contribution in [0.15, 0.2) is 22.9 Å². The third kappa shape index (κ3) is 1.40. The summed E-state index contributed by atoms with van der Waals surface area (Å²) < 4.78 is 7.62. The van der Waals surface area contributed by atoms with Gasteiger partial charge in [0, 0.05) is 4.47 Å².